The van der Waals surface area contributed by atoms with Crippen LogP contribution in [0.2, 0.25) is 0 Å². The van der Waals surface area contributed by atoms with Crippen LogP contribution in [-0.2, 0) is 11.3 Å². The lowest BCUT2D eigenvalue weighted by atomic mass is 10.0. The van der Waals surface area contributed by atoms with E-state index in [-0.39, 0.29) is 12.1 Å². The number of likely N-dealkylation sites (tertiary alicyclic amines) is 1. The summed E-state index contributed by atoms with van der Waals surface area (Å²) in [6.45, 7) is 12.7. The fourth-order valence-corrected chi connectivity index (χ4v) is 3.67. The number of hydrogen-bond donors (Lipinski definition) is 1. The summed E-state index contributed by atoms with van der Waals surface area (Å²) >= 11 is 3.55. The number of benzene rings is 1. The number of aryl methyl sites for hydroxylation is 2. The predicted molar refractivity (Wildman–Crippen MR) is 96.7 cm³/mol. The summed E-state index contributed by atoms with van der Waals surface area (Å²) in [7, 11) is 0. The molecule has 2 rings (SSSR count). The van der Waals surface area contributed by atoms with Gasteiger partial charge in [0.15, 0.2) is 0 Å². The number of nitrogens with one attached hydrogen (secondary N) is 1. The van der Waals surface area contributed by atoms with Gasteiger partial charge in [0, 0.05) is 30.1 Å². The molecule has 1 aromatic rings. The van der Waals surface area contributed by atoms with Gasteiger partial charge in [-0.25, -0.2) is 4.79 Å². The maximum absolute atomic E-state index is 11.9. The molecule has 4 nitrogen and oxygen atoms in total. The zero-order valence-electron chi connectivity index (χ0n) is 14.7. The first-order valence-corrected chi connectivity index (χ1v) is 8.91. The van der Waals surface area contributed by atoms with E-state index in [2.05, 4.69) is 52.1 Å². The van der Waals surface area contributed by atoms with Crippen LogP contribution in [0.15, 0.2) is 16.6 Å². The topological polar surface area (TPSA) is 41.6 Å². The standard InChI is InChI=1S/C18H27BrN2O2/c1-12-8-14(19)9-13(2)16(12)11-21-7-6-15(10-21)20-17(22)23-18(3,4)5/h8-9,15H,6-7,10-11H2,1-5H3,(H,20,22). The highest BCUT2D eigenvalue weighted by Gasteiger charge is 2.26. The highest BCUT2D eigenvalue weighted by Crippen LogP contribution is 2.23. The zero-order valence-corrected chi connectivity index (χ0v) is 16.3. The van der Waals surface area contributed by atoms with Crippen LogP contribution in [0, 0.1) is 13.8 Å². The van der Waals surface area contributed by atoms with E-state index in [0.717, 1.165) is 30.5 Å². The first-order valence-electron chi connectivity index (χ1n) is 8.11. The predicted octanol–water partition coefficient (Wildman–Crippen LogP) is 4.16. The van der Waals surface area contributed by atoms with Crippen molar-refractivity contribution >= 4 is 22.0 Å². The van der Waals surface area contributed by atoms with E-state index in [1.54, 1.807) is 0 Å². The molecular formula is C18H27BrN2O2. The number of carbonyl (C=O) groups is 1. The largest absolute Gasteiger partial charge is 0.444 e. The Hall–Kier alpha value is -1.07. The van der Waals surface area contributed by atoms with E-state index in [0.29, 0.717) is 0 Å². The number of amides is 1. The second kappa shape index (κ2) is 7.22. The van der Waals surface area contributed by atoms with Crippen molar-refractivity contribution in [2.45, 2.75) is 59.2 Å². The second-order valence-corrected chi connectivity index (χ2v) is 8.30. The first kappa shape index (κ1) is 18.3. The van der Waals surface area contributed by atoms with Crippen LogP contribution in [0.3, 0.4) is 0 Å². The van der Waals surface area contributed by atoms with Crippen LogP contribution >= 0.6 is 15.9 Å². The average Bonchev–Trinajstić information content (AvgIpc) is 2.78. The summed E-state index contributed by atoms with van der Waals surface area (Å²) in [6.07, 6.45) is 0.647. The van der Waals surface area contributed by atoms with E-state index in [1.165, 1.54) is 16.7 Å². The molecule has 23 heavy (non-hydrogen) atoms. The summed E-state index contributed by atoms with van der Waals surface area (Å²) < 4.78 is 6.46. The molecule has 1 amide bonds. The summed E-state index contributed by atoms with van der Waals surface area (Å²) in [5.41, 5.74) is 3.54. The highest BCUT2D eigenvalue weighted by atomic mass is 79.9. The minimum atomic E-state index is -0.450. The Kier molecular flexibility index (Phi) is 5.74. The fourth-order valence-electron chi connectivity index (χ4n) is 2.98. The molecule has 1 N–H and O–H groups in total. The number of rotatable bonds is 3. The molecular weight excluding hydrogens is 356 g/mol. The average molecular weight is 383 g/mol. The van der Waals surface area contributed by atoms with E-state index < -0.39 is 5.60 Å². The van der Waals surface area contributed by atoms with Gasteiger partial charge in [0.2, 0.25) is 0 Å². The van der Waals surface area contributed by atoms with Gasteiger partial charge in [-0.1, -0.05) is 15.9 Å². The number of carbonyl (C=O) groups excluding carboxylic acids is 1. The second-order valence-electron chi connectivity index (χ2n) is 7.39. The Bertz CT molecular complexity index is 558. The van der Waals surface area contributed by atoms with Crippen molar-refractivity contribution in [1.82, 2.24) is 10.2 Å². The molecule has 0 bridgehead atoms. The molecule has 128 valence electrons. The highest BCUT2D eigenvalue weighted by molar-refractivity contribution is 9.10. The molecule has 1 saturated heterocycles. The molecule has 1 atom stereocenters. The van der Waals surface area contributed by atoms with Crippen molar-refractivity contribution in [3.05, 3.63) is 33.3 Å². The molecule has 1 heterocycles. The van der Waals surface area contributed by atoms with Gasteiger partial charge in [0.1, 0.15) is 5.60 Å². The van der Waals surface area contributed by atoms with Gasteiger partial charge in [-0.3, -0.25) is 4.90 Å². The number of nitrogens with zero attached hydrogens (tertiary/aromatic N) is 1. The Morgan fingerprint density at radius 1 is 1.35 bits per heavy atom. The molecule has 5 heteroatoms. The molecule has 0 radical (unpaired) electrons. The monoisotopic (exact) mass is 382 g/mol. The molecule has 1 aliphatic rings. The van der Waals surface area contributed by atoms with Gasteiger partial charge in [0.05, 0.1) is 0 Å². The van der Waals surface area contributed by atoms with Crippen molar-refractivity contribution in [3.8, 4) is 0 Å². The van der Waals surface area contributed by atoms with Crippen LogP contribution in [0.4, 0.5) is 4.79 Å². The summed E-state index contributed by atoms with van der Waals surface area (Å²) in [5.74, 6) is 0. The molecule has 1 unspecified atom stereocenters. The van der Waals surface area contributed by atoms with Crippen molar-refractivity contribution in [3.63, 3.8) is 0 Å². The van der Waals surface area contributed by atoms with Gasteiger partial charge in [0.25, 0.3) is 0 Å². The lowest BCUT2D eigenvalue weighted by Gasteiger charge is -2.22. The first-order chi connectivity index (χ1) is 10.6. The van der Waals surface area contributed by atoms with Crippen molar-refractivity contribution in [1.29, 1.82) is 0 Å². The van der Waals surface area contributed by atoms with Gasteiger partial charge < -0.3 is 10.1 Å². The van der Waals surface area contributed by atoms with Crippen molar-refractivity contribution < 1.29 is 9.53 Å². The van der Waals surface area contributed by atoms with Crippen LogP contribution in [-0.4, -0.2) is 35.7 Å². The lowest BCUT2D eigenvalue weighted by molar-refractivity contribution is 0.0505. The third-order valence-electron chi connectivity index (χ3n) is 4.04. The fraction of sp³-hybridized carbons (Fsp3) is 0.611. The number of alkyl carbamates (subject to hydrolysis) is 1. The molecule has 1 aromatic carbocycles. The van der Waals surface area contributed by atoms with Gasteiger partial charge >= 0.3 is 6.09 Å². The Morgan fingerprint density at radius 3 is 2.52 bits per heavy atom. The quantitative estimate of drug-likeness (QED) is 0.852. The number of hydrogen-bond acceptors (Lipinski definition) is 3. The molecule has 1 aliphatic heterocycles. The van der Waals surface area contributed by atoms with E-state index in [4.69, 9.17) is 4.74 Å². The minimum absolute atomic E-state index is 0.168. The molecule has 0 aromatic heterocycles. The lowest BCUT2D eigenvalue weighted by Crippen LogP contribution is -2.40. The molecule has 0 aliphatic carbocycles. The maximum Gasteiger partial charge on any atom is 0.407 e. The summed E-state index contributed by atoms with van der Waals surface area (Å²) in [4.78, 5) is 14.3. The van der Waals surface area contributed by atoms with Crippen molar-refractivity contribution in [2.24, 2.45) is 0 Å². The van der Waals surface area contributed by atoms with Crippen LogP contribution in [0.5, 0.6) is 0 Å². The Morgan fingerprint density at radius 2 is 1.96 bits per heavy atom. The summed E-state index contributed by atoms with van der Waals surface area (Å²) in [5, 5.41) is 2.98. The van der Waals surface area contributed by atoms with E-state index >= 15 is 0 Å². The third-order valence-corrected chi connectivity index (χ3v) is 4.49. The van der Waals surface area contributed by atoms with Crippen LogP contribution in [0.25, 0.3) is 0 Å². The number of ether oxygens (including phenoxy) is 1. The molecule has 1 fully saturated rings. The van der Waals surface area contributed by atoms with Crippen LogP contribution in [0.1, 0.15) is 43.9 Å². The number of halogens is 1. The Balaban J connectivity index is 1.90. The van der Waals surface area contributed by atoms with Gasteiger partial charge in [-0.05, 0) is 69.9 Å². The third kappa shape index (κ3) is 5.50. The van der Waals surface area contributed by atoms with Crippen LogP contribution < -0.4 is 5.32 Å². The zero-order chi connectivity index (χ0) is 17.2. The van der Waals surface area contributed by atoms with Gasteiger partial charge in [-0.2, -0.15) is 0 Å². The summed E-state index contributed by atoms with van der Waals surface area (Å²) in [6, 6.07) is 4.49. The maximum atomic E-state index is 11.9. The van der Waals surface area contributed by atoms with E-state index in [1.807, 2.05) is 20.8 Å². The molecule has 0 saturated carbocycles. The molecule has 0 spiro atoms. The van der Waals surface area contributed by atoms with Crippen molar-refractivity contribution in [2.75, 3.05) is 13.1 Å². The smallest absolute Gasteiger partial charge is 0.407 e. The van der Waals surface area contributed by atoms with Gasteiger partial charge in [-0.15, -0.1) is 0 Å². The SMILES string of the molecule is Cc1cc(Br)cc(C)c1CN1CCC(NC(=O)OC(C)(C)C)C1. The normalized spacial score (nSPS) is 19.0. The minimum Gasteiger partial charge on any atom is -0.444 e. The Labute approximate surface area is 147 Å². The van der Waals surface area contributed by atoms with E-state index in [9.17, 15) is 4.79 Å².